The maximum atomic E-state index is 14.3. The van der Waals surface area contributed by atoms with Gasteiger partial charge in [-0.2, -0.15) is 162 Å². The molecule has 2 aliphatic heterocycles. The lowest BCUT2D eigenvalue weighted by Crippen LogP contribution is -2.55. The van der Waals surface area contributed by atoms with Gasteiger partial charge in [-0.25, -0.2) is 17.9 Å². The minimum atomic E-state index is -4.97. The molecule has 0 bridgehead atoms. The summed E-state index contributed by atoms with van der Waals surface area (Å²) in [6.45, 7) is 9.82. The van der Waals surface area contributed by atoms with Gasteiger partial charge >= 0.3 is 39.5 Å². The van der Waals surface area contributed by atoms with Crippen LogP contribution in [0.1, 0.15) is 55.4 Å². The van der Waals surface area contributed by atoms with Crippen molar-refractivity contribution in [1.29, 1.82) is 0 Å². The summed E-state index contributed by atoms with van der Waals surface area (Å²) in [6.07, 6.45) is -11.4. The van der Waals surface area contributed by atoms with Crippen LogP contribution in [-0.2, 0) is 65.8 Å². The van der Waals surface area contributed by atoms with Gasteiger partial charge in [0.05, 0.1) is 12.2 Å². The third-order valence-corrected chi connectivity index (χ3v) is 8.51. The molecule has 2 rings (SSSR count). The summed E-state index contributed by atoms with van der Waals surface area (Å²) in [7, 11) is -9.95. The van der Waals surface area contributed by atoms with E-state index < -0.39 is 126 Å². The van der Waals surface area contributed by atoms with E-state index in [1.807, 2.05) is 0 Å². The van der Waals surface area contributed by atoms with E-state index in [0.717, 1.165) is 27.7 Å². The predicted octanol–water partition coefficient (Wildman–Crippen LogP) is 3.21. The molecule has 18 nitrogen and oxygen atoms in total. The van der Waals surface area contributed by atoms with Crippen LogP contribution in [0.15, 0.2) is 0 Å². The fourth-order valence-electron chi connectivity index (χ4n) is 4.97. The number of ether oxygens (including phenoxy) is 6. The molecule has 60 heavy (non-hydrogen) atoms. The number of phosphoric acid groups is 2. The fraction of sp³-hybridized carbons (Fsp3) is 0.846. The molecule has 2 saturated heterocycles. The molecule has 0 saturated carbocycles. The van der Waals surface area contributed by atoms with Crippen LogP contribution >= 0.6 is 178 Å². The molecule has 2 fully saturated rings. The Bertz CT molecular complexity index is 1150. The van der Waals surface area contributed by atoms with Crippen molar-refractivity contribution in [3.8, 4) is 0 Å². The minimum absolute atomic E-state index is 0. The summed E-state index contributed by atoms with van der Waals surface area (Å²) < 4.78 is 89.7. The molecule has 12 atom stereocenters. The van der Waals surface area contributed by atoms with E-state index in [1.165, 1.54) is 0 Å². The number of hydrogen-bond acceptors (Lipinski definition) is 14. The zero-order chi connectivity index (χ0) is 37.3. The highest BCUT2D eigenvalue weighted by Gasteiger charge is 2.50. The Morgan fingerprint density at radius 3 is 0.917 bits per heavy atom. The van der Waals surface area contributed by atoms with E-state index in [1.54, 1.807) is 27.7 Å². The normalized spacial score (nSPS) is 25.6. The van der Waals surface area contributed by atoms with Gasteiger partial charge in [0, 0.05) is 39.5 Å². The molecular weight excluding hydrogens is 1090 g/mol. The largest absolute Gasteiger partial charge is 0.472 e. The van der Waals surface area contributed by atoms with Gasteiger partial charge in [-0.3, -0.25) is 28.2 Å². The van der Waals surface area contributed by atoms with Crippen LogP contribution in [0.3, 0.4) is 0 Å². The summed E-state index contributed by atoms with van der Waals surface area (Å²) in [4.78, 5) is 79.9. The predicted molar refractivity (Wildman–Crippen MR) is 279 cm³/mol. The summed E-state index contributed by atoms with van der Waals surface area (Å²) in [5.74, 6) is -4.80. The number of carbonyl (C=O) groups excluding carboxylic acids is 4. The highest BCUT2D eigenvalue weighted by Crippen LogP contribution is 2.45. The smallest absolute Gasteiger partial charge is 0.463 e. The molecule has 2 aliphatic rings. The van der Waals surface area contributed by atoms with Gasteiger partial charge in [0.2, 0.25) is 12.6 Å². The van der Waals surface area contributed by atoms with Crippen LogP contribution in [0.4, 0.5) is 8.78 Å². The SMILES string of the molecule is CC(=O)OC[C@H](F)C1O[C@@H](OP(=O)(O)O)C(OC(C)=O)[C@@H](C)[C@@H]1C.CC(=O)OC[C@H](F)C1O[C@@H](OP(=O)(O)O)C(OC(C)=O)[C@@H](C)[C@@H]1C.S.S.S.S.S.S.S.S.S.S.S.S. The van der Waals surface area contributed by atoms with Crippen LogP contribution in [0, 0.1) is 23.7 Å². The van der Waals surface area contributed by atoms with E-state index >= 15 is 0 Å². The molecule has 0 aliphatic carbocycles. The molecule has 2 heterocycles. The maximum absolute atomic E-state index is 14.3. The van der Waals surface area contributed by atoms with Crippen LogP contribution in [0.25, 0.3) is 0 Å². The van der Waals surface area contributed by atoms with Crippen molar-refractivity contribution < 1.29 is 94.1 Å². The Morgan fingerprint density at radius 1 is 0.500 bits per heavy atom. The van der Waals surface area contributed by atoms with Crippen LogP contribution in [0.2, 0.25) is 0 Å². The first-order chi connectivity index (χ1) is 21.8. The van der Waals surface area contributed by atoms with Crippen molar-refractivity contribution in [2.24, 2.45) is 23.7 Å². The molecule has 0 radical (unpaired) electrons. The van der Waals surface area contributed by atoms with Crippen LogP contribution in [-0.4, -0.2) is 106 Å². The molecule has 0 spiro atoms. The Balaban J connectivity index is -0.0000000640. The average molecular weight is 1150 g/mol. The zero-order valence-corrected chi connectivity index (χ0v) is 47.3. The third-order valence-electron chi connectivity index (χ3n) is 7.54. The topological polar surface area (TPSA) is 257 Å². The molecule has 0 aromatic carbocycles. The first-order valence-corrected chi connectivity index (χ1v) is 17.6. The standard InChI is InChI=1S/2C13H22FO9P.12H2S/c2*1-6-7(2)12(21-9(4)16)13(23-24(17,18)19)22-11(6)10(14)5-20-8(3)15;;;;;;;;;;;;/h2*6-7,10-13H,5H2,1-4H3,(H2,17,18,19);12*1H2/t2*6-,7-,10-,11?,12?,13-;;;;;;;;;;;;/m00............/s1. The molecule has 0 aromatic heterocycles. The number of halogens is 2. The van der Waals surface area contributed by atoms with Crippen molar-refractivity contribution in [3.05, 3.63) is 0 Å². The summed E-state index contributed by atoms with van der Waals surface area (Å²) in [6, 6.07) is 0. The van der Waals surface area contributed by atoms with Crippen molar-refractivity contribution in [3.63, 3.8) is 0 Å². The molecule has 4 unspecified atom stereocenters. The van der Waals surface area contributed by atoms with Crippen molar-refractivity contribution in [2.45, 2.75) is 105 Å². The summed E-state index contributed by atoms with van der Waals surface area (Å²) in [5, 5.41) is 0. The van der Waals surface area contributed by atoms with Gasteiger partial charge < -0.3 is 48.0 Å². The van der Waals surface area contributed by atoms with E-state index in [0.29, 0.717) is 0 Å². The number of esters is 4. The van der Waals surface area contributed by atoms with E-state index in [4.69, 9.17) is 38.5 Å². The molecule has 4 N–H and O–H groups in total. The number of phosphoric ester groups is 2. The Morgan fingerprint density at radius 2 is 0.733 bits per heavy atom. The van der Waals surface area contributed by atoms with E-state index in [9.17, 15) is 37.1 Å². The summed E-state index contributed by atoms with van der Waals surface area (Å²) >= 11 is 0. The number of alkyl halides is 2. The van der Waals surface area contributed by atoms with Crippen molar-refractivity contribution in [1.82, 2.24) is 0 Å². The highest BCUT2D eigenvalue weighted by atomic mass is 32.1. The van der Waals surface area contributed by atoms with E-state index in [-0.39, 0.29) is 162 Å². The molecule has 34 heteroatoms. The number of carbonyl (C=O) groups is 4. The minimum Gasteiger partial charge on any atom is -0.463 e. The maximum Gasteiger partial charge on any atom is 0.472 e. The Hall–Kier alpha value is 2.08. The molecule has 376 valence electrons. The second-order valence-electron chi connectivity index (χ2n) is 11.4. The van der Waals surface area contributed by atoms with Gasteiger partial charge in [0.1, 0.15) is 13.2 Å². The zero-order valence-electron chi connectivity index (χ0n) is 33.5. The molecular formula is C26H68F2O18P2S12. The van der Waals surface area contributed by atoms with E-state index in [2.05, 4.69) is 18.5 Å². The third kappa shape index (κ3) is 34.4. The second-order valence-corrected chi connectivity index (χ2v) is 13.7. The summed E-state index contributed by atoms with van der Waals surface area (Å²) in [5.41, 5.74) is 0. The lowest BCUT2D eigenvalue weighted by atomic mass is 9.82. The van der Waals surface area contributed by atoms with Crippen molar-refractivity contribution in [2.75, 3.05) is 13.2 Å². The average Bonchev–Trinajstić information content (AvgIpc) is 2.92. The lowest BCUT2D eigenvalue weighted by molar-refractivity contribution is -0.263. The lowest BCUT2D eigenvalue weighted by Gasteiger charge is -2.44. The quantitative estimate of drug-likeness (QED) is 0.124. The van der Waals surface area contributed by atoms with Gasteiger partial charge in [-0.1, -0.05) is 27.7 Å². The van der Waals surface area contributed by atoms with Gasteiger partial charge in [-0.15, -0.1) is 0 Å². The monoisotopic (exact) mass is 1150 g/mol. The Kier molecular flexibility index (Phi) is 65.3. The fourth-order valence-corrected chi connectivity index (χ4v) is 5.85. The first-order valence-electron chi connectivity index (χ1n) is 14.5. The number of hydrogen-bond donors (Lipinski definition) is 4. The second kappa shape index (κ2) is 42.4. The van der Waals surface area contributed by atoms with Gasteiger partial charge in [0.25, 0.3) is 0 Å². The van der Waals surface area contributed by atoms with Crippen LogP contribution in [0.5, 0.6) is 0 Å². The van der Waals surface area contributed by atoms with Gasteiger partial charge in [-0.05, 0) is 11.8 Å². The highest BCUT2D eigenvalue weighted by molar-refractivity contribution is 7.60. The van der Waals surface area contributed by atoms with Gasteiger partial charge in [0.15, 0.2) is 24.6 Å². The molecule has 0 amide bonds. The molecule has 0 aromatic rings. The first kappa shape index (κ1) is 92.3. The van der Waals surface area contributed by atoms with Crippen LogP contribution < -0.4 is 0 Å². The Labute approximate surface area is 433 Å². The van der Waals surface area contributed by atoms with Crippen molar-refractivity contribution >= 4 is 201 Å². The number of rotatable bonds is 12.